The largest absolute Gasteiger partial charge is 0.416 e. The summed E-state index contributed by atoms with van der Waals surface area (Å²) in [4.78, 5) is 11.4. The fraction of sp³-hybridized carbons (Fsp3) is 0.176. The van der Waals surface area contributed by atoms with Gasteiger partial charge in [0.25, 0.3) is 5.69 Å². The number of anilines is 2. The number of halogens is 4. The minimum atomic E-state index is -4.50. The summed E-state index contributed by atoms with van der Waals surface area (Å²) >= 11 is 0. The molecule has 0 aliphatic carbocycles. The molecule has 5 nitrogen and oxygen atoms in total. The van der Waals surface area contributed by atoms with Crippen LogP contribution < -0.4 is 10.6 Å². The number of rotatable bonds is 6. The van der Waals surface area contributed by atoms with Crippen molar-refractivity contribution in [1.29, 1.82) is 0 Å². The molecule has 0 aromatic heterocycles. The third-order valence-corrected chi connectivity index (χ3v) is 3.65. The quantitative estimate of drug-likeness (QED) is 0.267. The molecule has 2 aromatic rings. The van der Waals surface area contributed by atoms with E-state index in [0.29, 0.717) is 0 Å². The Morgan fingerprint density at radius 3 is 2.54 bits per heavy atom. The molecule has 0 spiro atoms. The van der Waals surface area contributed by atoms with Crippen LogP contribution in [0.5, 0.6) is 0 Å². The molecule has 0 atom stereocenters. The van der Waals surface area contributed by atoms with Crippen LogP contribution >= 0.6 is 0 Å². The summed E-state index contributed by atoms with van der Waals surface area (Å²) in [6.45, 7) is 3.57. The monoisotopic (exact) mass is 369 g/mol. The standard InChI is InChI=1S/C17H15F4N3O2/c1-2-8-23(10-11-4-3-5-12(9-11)17(19,20)21)13-6-7-14(24(25)26)16(22)15(13)18/h2-7,9H,1,8,10,22H2. The number of hydrogen-bond acceptors (Lipinski definition) is 4. The highest BCUT2D eigenvalue weighted by Gasteiger charge is 2.30. The molecular formula is C17H15F4N3O2. The minimum absolute atomic E-state index is 0.0644. The lowest BCUT2D eigenvalue weighted by Gasteiger charge is -2.24. The second-order valence-electron chi connectivity index (χ2n) is 5.46. The van der Waals surface area contributed by atoms with Crippen LogP contribution in [0.25, 0.3) is 0 Å². The van der Waals surface area contributed by atoms with Gasteiger partial charge in [0.05, 0.1) is 16.2 Å². The van der Waals surface area contributed by atoms with E-state index in [2.05, 4.69) is 6.58 Å². The van der Waals surface area contributed by atoms with Crippen LogP contribution in [0.1, 0.15) is 11.1 Å². The highest BCUT2D eigenvalue weighted by molar-refractivity contribution is 5.68. The fourth-order valence-electron chi connectivity index (χ4n) is 2.44. The second-order valence-corrected chi connectivity index (χ2v) is 5.46. The summed E-state index contributed by atoms with van der Waals surface area (Å²) in [5.74, 6) is -1.01. The highest BCUT2D eigenvalue weighted by atomic mass is 19.4. The third kappa shape index (κ3) is 4.11. The van der Waals surface area contributed by atoms with Gasteiger partial charge >= 0.3 is 6.18 Å². The van der Waals surface area contributed by atoms with Crippen molar-refractivity contribution in [3.05, 3.63) is 76.1 Å². The first kappa shape index (κ1) is 19.2. The summed E-state index contributed by atoms with van der Waals surface area (Å²) in [6.07, 6.45) is -3.06. The second kappa shape index (κ2) is 7.42. The van der Waals surface area contributed by atoms with E-state index in [1.807, 2.05) is 0 Å². The summed E-state index contributed by atoms with van der Waals surface area (Å²) in [5.41, 5.74) is 3.66. The van der Waals surface area contributed by atoms with Crippen LogP contribution in [0, 0.1) is 15.9 Å². The molecule has 0 saturated carbocycles. The van der Waals surface area contributed by atoms with Crippen LogP contribution in [-0.4, -0.2) is 11.5 Å². The molecule has 9 heteroatoms. The predicted molar refractivity (Wildman–Crippen MR) is 90.2 cm³/mol. The van der Waals surface area contributed by atoms with Crippen molar-refractivity contribution < 1.29 is 22.5 Å². The number of nitro groups is 1. The zero-order chi connectivity index (χ0) is 19.5. The Morgan fingerprint density at radius 2 is 1.96 bits per heavy atom. The maximum atomic E-state index is 14.5. The molecular weight excluding hydrogens is 354 g/mol. The van der Waals surface area contributed by atoms with Crippen molar-refractivity contribution in [2.75, 3.05) is 17.2 Å². The van der Waals surface area contributed by atoms with E-state index >= 15 is 0 Å². The van der Waals surface area contributed by atoms with Gasteiger partial charge in [-0.25, -0.2) is 4.39 Å². The molecule has 0 aliphatic rings. The average molecular weight is 369 g/mol. The Labute approximate surface area is 146 Å². The third-order valence-electron chi connectivity index (χ3n) is 3.65. The van der Waals surface area contributed by atoms with Crippen LogP contribution in [0.3, 0.4) is 0 Å². The maximum absolute atomic E-state index is 14.5. The van der Waals surface area contributed by atoms with Gasteiger partial charge in [-0.3, -0.25) is 10.1 Å². The fourth-order valence-corrected chi connectivity index (χ4v) is 2.44. The van der Waals surface area contributed by atoms with E-state index in [4.69, 9.17) is 5.73 Å². The first-order valence-corrected chi connectivity index (χ1v) is 7.39. The number of hydrogen-bond donors (Lipinski definition) is 1. The van der Waals surface area contributed by atoms with Crippen LogP contribution in [0.4, 0.5) is 34.6 Å². The van der Waals surface area contributed by atoms with Crippen LogP contribution in [0.2, 0.25) is 0 Å². The van der Waals surface area contributed by atoms with Crippen molar-refractivity contribution in [3.8, 4) is 0 Å². The average Bonchev–Trinajstić information content (AvgIpc) is 2.56. The number of nitrogen functional groups attached to an aromatic ring is 1. The summed E-state index contributed by atoms with van der Waals surface area (Å²) in [6, 6.07) is 6.84. The molecule has 0 amide bonds. The first-order chi connectivity index (χ1) is 12.1. The van der Waals surface area contributed by atoms with Gasteiger partial charge in [-0.1, -0.05) is 18.2 Å². The van der Waals surface area contributed by atoms with E-state index in [-0.39, 0.29) is 24.3 Å². The molecule has 0 unspecified atom stereocenters. The van der Waals surface area contributed by atoms with Crippen molar-refractivity contribution >= 4 is 17.1 Å². The summed E-state index contributed by atoms with van der Waals surface area (Å²) in [5, 5.41) is 10.8. The number of nitro benzene ring substituents is 1. The zero-order valence-electron chi connectivity index (χ0n) is 13.5. The van der Waals surface area contributed by atoms with Gasteiger partial charge in [0.1, 0.15) is 5.69 Å². The SMILES string of the molecule is C=CCN(Cc1cccc(C(F)(F)F)c1)c1ccc([N+](=O)[O-])c(N)c1F. The molecule has 26 heavy (non-hydrogen) atoms. The minimum Gasteiger partial charge on any atom is -0.391 e. The molecule has 0 saturated heterocycles. The Balaban J connectivity index is 2.40. The summed E-state index contributed by atoms with van der Waals surface area (Å²) in [7, 11) is 0. The molecule has 0 aliphatic heterocycles. The van der Waals surface area contributed by atoms with Gasteiger partial charge in [0, 0.05) is 19.2 Å². The Bertz CT molecular complexity index is 837. The lowest BCUT2D eigenvalue weighted by Crippen LogP contribution is -2.24. The van der Waals surface area contributed by atoms with E-state index in [0.717, 1.165) is 18.2 Å². The molecule has 2 aromatic carbocycles. The predicted octanol–water partition coefficient (Wildman–Crippen LogP) is 4.53. The van der Waals surface area contributed by atoms with Gasteiger partial charge in [0.2, 0.25) is 0 Å². The molecule has 138 valence electrons. The topological polar surface area (TPSA) is 72.4 Å². The van der Waals surface area contributed by atoms with Gasteiger partial charge in [-0.05, 0) is 23.8 Å². The van der Waals surface area contributed by atoms with Crippen LogP contribution in [0.15, 0.2) is 49.1 Å². The van der Waals surface area contributed by atoms with Crippen molar-refractivity contribution in [2.45, 2.75) is 12.7 Å². The number of nitrogens with two attached hydrogens (primary N) is 1. The Hall–Kier alpha value is -3.10. The number of nitrogens with zero attached hydrogens (tertiary/aromatic N) is 2. The molecule has 2 rings (SSSR count). The van der Waals surface area contributed by atoms with Gasteiger partial charge in [-0.2, -0.15) is 13.2 Å². The lowest BCUT2D eigenvalue weighted by molar-refractivity contribution is -0.384. The van der Waals surface area contributed by atoms with E-state index < -0.39 is 33.9 Å². The molecule has 0 bridgehead atoms. The molecule has 0 fully saturated rings. The number of benzene rings is 2. The molecule has 0 radical (unpaired) electrons. The lowest BCUT2D eigenvalue weighted by atomic mass is 10.1. The van der Waals surface area contributed by atoms with Crippen molar-refractivity contribution in [1.82, 2.24) is 0 Å². The Kier molecular flexibility index (Phi) is 5.49. The smallest absolute Gasteiger partial charge is 0.391 e. The Morgan fingerprint density at radius 1 is 1.27 bits per heavy atom. The normalized spacial score (nSPS) is 11.2. The van der Waals surface area contributed by atoms with Gasteiger partial charge in [-0.15, -0.1) is 6.58 Å². The maximum Gasteiger partial charge on any atom is 0.416 e. The number of alkyl halides is 3. The van der Waals surface area contributed by atoms with E-state index in [9.17, 15) is 27.7 Å². The van der Waals surface area contributed by atoms with E-state index in [1.54, 1.807) is 0 Å². The zero-order valence-corrected chi connectivity index (χ0v) is 13.5. The van der Waals surface area contributed by atoms with Crippen LogP contribution in [-0.2, 0) is 12.7 Å². The van der Waals surface area contributed by atoms with E-state index in [1.165, 1.54) is 29.2 Å². The first-order valence-electron chi connectivity index (χ1n) is 7.39. The molecule has 2 N–H and O–H groups in total. The molecule has 0 heterocycles. The van der Waals surface area contributed by atoms with Gasteiger partial charge < -0.3 is 10.6 Å². The van der Waals surface area contributed by atoms with Gasteiger partial charge in [0.15, 0.2) is 5.82 Å². The van der Waals surface area contributed by atoms with Crippen molar-refractivity contribution in [3.63, 3.8) is 0 Å². The summed E-state index contributed by atoms with van der Waals surface area (Å²) < 4.78 is 53.0. The highest BCUT2D eigenvalue weighted by Crippen LogP contribution is 2.33. The van der Waals surface area contributed by atoms with Crippen molar-refractivity contribution in [2.24, 2.45) is 0 Å².